The van der Waals surface area contributed by atoms with E-state index in [0.717, 1.165) is 25.8 Å². The van der Waals surface area contributed by atoms with Gasteiger partial charge in [-0.1, -0.05) is 20.3 Å². The van der Waals surface area contributed by atoms with Crippen LogP contribution in [0, 0.1) is 0 Å². The molecule has 1 aromatic heterocycles. The highest BCUT2D eigenvalue weighted by atomic mass is 16.1. The standard InChI is InChI=1S/C11H19N3O/c1-3-5-9(12)10(15)11-13-6-8-14(11)7-4-2/h6,8-9H,3-5,7,12H2,1-2H3. The second kappa shape index (κ2) is 5.66. The van der Waals surface area contributed by atoms with Gasteiger partial charge in [-0.25, -0.2) is 4.98 Å². The molecule has 0 aliphatic carbocycles. The van der Waals surface area contributed by atoms with E-state index in [2.05, 4.69) is 11.9 Å². The molecule has 1 heterocycles. The van der Waals surface area contributed by atoms with Gasteiger partial charge >= 0.3 is 0 Å². The molecule has 1 unspecified atom stereocenters. The molecule has 0 radical (unpaired) electrons. The van der Waals surface area contributed by atoms with Crippen molar-refractivity contribution in [2.75, 3.05) is 0 Å². The lowest BCUT2D eigenvalue weighted by atomic mass is 10.1. The van der Waals surface area contributed by atoms with E-state index in [1.165, 1.54) is 0 Å². The van der Waals surface area contributed by atoms with Crippen molar-refractivity contribution in [3.8, 4) is 0 Å². The minimum absolute atomic E-state index is 0.0460. The van der Waals surface area contributed by atoms with Gasteiger partial charge in [0.05, 0.1) is 6.04 Å². The van der Waals surface area contributed by atoms with Crippen LogP contribution in [0.15, 0.2) is 12.4 Å². The van der Waals surface area contributed by atoms with Gasteiger partial charge in [-0.05, 0) is 12.8 Å². The molecule has 1 rings (SSSR count). The summed E-state index contributed by atoms with van der Waals surface area (Å²) in [7, 11) is 0. The first-order chi connectivity index (χ1) is 7.20. The number of Topliss-reactive ketones (excluding diaryl/α,β-unsaturated/α-hetero) is 1. The SMILES string of the molecule is CCCC(N)C(=O)c1nccn1CCC. The van der Waals surface area contributed by atoms with Gasteiger partial charge in [0.1, 0.15) is 0 Å². The van der Waals surface area contributed by atoms with Crippen LogP contribution in [0.5, 0.6) is 0 Å². The number of aryl methyl sites for hydroxylation is 1. The first kappa shape index (κ1) is 11.9. The number of nitrogens with two attached hydrogens (primary N) is 1. The second-order valence-corrected chi connectivity index (χ2v) is 3.70. The molecule has 0 aliphatic heterocycles. The highest BCUT2D eigenvalue weighted by Crippen LogP contribution is 2.05. The molecule has 84 valence electrons. The molecule has 0 aromatic carbocycles. The summed E-state index contributed by atoms with van der Waals surface area (Å²) in [6, 6.07) is -0.409. The number of ketones is 1. The van der Waals surface area contributed by atoms with Crippen LogP contribution in [0.4, 0.5) is 0 Å². The van der Waals surface area contributed by atoms with Gasteiger partial charge < -0.3 is 10.3 Å². The second-order valence-electron chi connectivity index (χ2n) is 3.70. The van der Waals surface area contributed by atoms with Crippen molar-refractivity contribution in [3.63, 3.8) is 0 Å². The largest absolute Gasteiger partial charge is 0.328 e. The maximum Gasteiger partial charge on any atom is 0.214 e. The molecule has 0 amide bonds. The quantitative estimate of drug-likeness (QED) is 0.724. The van der Waals surface area contributed by atoms with Crippen molar-refractivity contribution < 1.29 is 4.79 Å². The van der Waals surface area contributed by atoms with E-state index in [4.69, 9.17) is 5.73 Å². The number of aromatic nitrogens is 2. The zero-order chi connectivity index (χ0) is 11.3. The average Bonchev–Trinajstić information content (AvgIpc) is 2.66. The van der Waals surface area contributed by atoms with Crippen molar-refractivity contribution in [2.24, 2.45) is 5.73 Å². The van der Waals surface area contributed by atoms with E-state index >= 15 is 0 Å². The Morgan fingerprint density at radius 3 is 2.87 bits per heavy atom. The fourth-order valence-electron chi connectivity index (χ4n) is 1.56. The van der Waals surface area contributed by atoms with Crippen LogP contribution in [0.25, 0.3) is 0 Å². The molecular formula is C11H19N3O. The molecule has 0 saturated carbocycles. The third-order valence-corrected chi connectivity index (χ3v) is 2.34. The van der Waals surface area contributed by atoms with E-state index < -0.39 is 6.04 Å². The van der Waals surface area contributed by atoms with Crippen molar-refractivity contribution >= 4 is 5.78 Å². The molecule has 1 atom stereocenters. The molecular weight excluding hydrogens is 190 g/mol. The predicted octanol–water partition coefficient (Wildman–Crippen LogP) is 1.60. The van der Waals surface area contributed by atoms with Gasteiger partial charge in [-0.15, -0.1) is 0 Å². The normalized spacial score (nSPS) is 12.7. The third-order valence-electron chi connectivity index (χ3n) is 2.34. The smallest absolute Gasteiger partial charge is 0.214 e. The average molecular weight is 209 g/mol. The summed E-state index contributed by atoms with van der Waals surface area (Å²) >= 11 is 0. The number of imidazole rings is 1. The third kappa shape index (κ3) is 2.89. The summed E-state index contributed by atoms with van der Waals surface area (Å²) in [4.78, 5) is 16.0. The van der Waals surface area contributed by atoms with Crippen LogP contribution in [0.2, 0.25) is 0 Å². The van der Waals surface area contributed by atoms with E-state index in [9.17, 15) is 4.79 Å². The summed E-state index contributed by atoms with van der Waals surface area (Å²) in [5, 5.41) is 0. The highest BCUT2D eigenvalue weighted by Gasteiger charge is 2.19. The van der Waals surface area contributed by atoms with Gasteiger partial charge in [-0.3, -0.25) is 4.79 Å². The highest BCUT2D eigenvalue weighted by molar-refractivity contribution is 5.96. The first-order valence-corrected chi connectivity index (χ1v) is 5.51. The lowest BCUT2D eigenvalue weighted by Gasteiger charge is -2.10. The molecule has 4 nitrogen and oxygen atoms in total. The van der Waals surface area contributed by atoms with Gasteiger partial charge in [0.15, 0.2) is 5.82 Å². The Kier molecular flexibility index (Phi) is 4.49. The molecule has 0 bridgehead atoms. The Morgan fingerprint density at radius 1 is 1.53 bits per heavy atom. The summed E-state index contributed by atoms with van der Waals surface area (Å²) in [5.41, 5.74) is 5.78. The molecule has 0 aliphatic rings. The molecule has 0 saturated heterocycles. The van der Waals surface area contributed by atoms with Gasteiger partial charge in [0, 0.05) is 18.9 Å². The van der Waals surface area contributed by atoms with Crippen molar-refractivity contribution in [2.45, 2.75) is 45.7 Å². The lowest BCUT2D eigenvalue weighted by molar-refractivity contribution is 0.0942. The Morgan fingerprint density at radius 2 is 2.27 bits per heavy atom. The van der Waals surface area contributed by atoms with Crippen LogP contribution in [0.3, 0.4) is 0 Å². The van der Waals surface area contributed by atoms with Crippen LogP contribution in [-0.4, -0.2) is 21.4 Å². The summed E-state index contributed by atoms with van der Waals surface area (Å²) in [6.07, 6.45) is 6.11. The molecule has 4 heteroatoms. The van der Waals surface area contributed by atoms with Crippen molar-refractivity contribution in [1.82, 2.24) is 9.55 Å². The molecule has 0 spiro atoms. The number of rotatable bonds is 6. The summed E-state index contributed by atoms with van der Waals surface area (Å²) < 4.78 is 1.87. The van der Waals surface area contributed by atoms with Crippen LogP contribution < -0.4 is 5.73 Å². The summed E-state index contributed by atoms with van der Waals surface area (Å²) in [6.45, 7) is 4.91. The monoisotopic (exact) mass is 209 g/mol. The van der Waals surface area contributed by atoms with Crippen LogP contribution in [-0.2, 0) is 6.54 Å². The van der Waals surface area contributed by atoms with E-state index in [0.29, 0.717) is 5.82 Å². The fraction of sp³-hybridized carbons (Fsp3) is 0.636. The maximum atomic E-state index is 11.9. The predicted molar refractivity (Wildman–Crippen MR) is 59.7 cm³/mol. The molecule has 2 N–H and O–H groups in total. The Balaban J connectivity index is 2.76. The molecule has 15 heavy (non-hydrogen) atoms. The molecule has 0 fully saturated rings. The Hall–Kier alpha value is -1.16. The summed E-state index contributed by atoms with van der Waals surface area (Å²) in [5.74, 6) is 0.452. The Bertz CT molecular complexity index is 319. The topological polar surface area (TPSA) is 60.9 Å². The van der Waals surface area contributed by atoms with Gasteiger partial charge in [0.2, 0.25) is 5.78 Å². The van der Waals surface area contributed by atoms with Crippen LogP contribution >= 0.6 is 0 Å². The number of hydrogen-bond donors (Lipinski definition) is 1. The van der Waals surface area contributed by atoms with Crippen LogP contribution in [0.1, 0.15) is 43.7 Å². The maximum absolute atomic E-state index is 11.9. The van der Waals surface area contributed by atoms with Crippen molar-refractivity contribution in [3.05, 3.63) is 18.2 Å². The van der Waals surface area contributed by atoms with Gasteiger partial charge in [-0.2, -0.15) is 0 Å². The van der Waals surface area contributed by atoms with Crippen molar-refractivity contribution in [1.29, 1.82) is 0 Å². The lowest BCUT2D eigenvalue weighted by Crippen LogP contribution is -2.32. The zero-order valence-corrected chi connectivity index (χ0v) is 9.44. The first-order valence-electron chi connectivity index (χ1n) is 5.51. The minimum atomic E-state index is -0.409. The molecule has 1 aromatic rings. The van der Waals surface area contributed by atoms with Gasteiger partial charge in [0.25, 0.3) is 0 Å². The fourth-order valence-corrected chi connectivity index (χ4v) is 1.56. The van der Waals surface area contributed by atoms with E-state index in [1.807, 2.05) is 17.7 Å². The zero-order valence-electron chi connectivity index (χ0n) is 9.44. The number of carbonyl (C=O) groups excluding carboxylic acids is 1. The minimum Gasteiger partial charge on any atom is -0.328 e. The number of carbonyl (C=O) groups is 1. The van der Waals surface area contributed by atoms with E-state index in [-0.39, 0.29) is 5.78 Å². The Labute approximate surface area is 90.5 Å². The number of hydrogen-bond acceptors (Lipinski definition) is 3. The van der Waals surface area contributed by atoms with E-state index in [1.54, 1.807) is 6.20 Å². The number of nitrogens with zero attached hydrogens (tertiary/aromatic N) is 2.